The molecule has 2 aromatic carbocycles. The summed E-state index contributed by atoms with van der Waals surface area (Å²) in [6.07, 6.45) is 7.37. The Morgan fingerprint density at radius 2 is 1.89 bits per heavy atom. The normalized spacial score (nSPS) is 24.2. The average molecular weight is 377 g/mol. The summed E-state index contributed by atoms with van der Waals surface area (Å²) in [7, 11) is 0. The zero-order valence-corrected chi connectivity index (χ0v) is 16.5. The zero-order chi connectivity index (χ0) is 18.9. The first kappa shape index (κ1) is 17.6. The molecule has 28 heavy (non-hydrogen) atoms. The molecule has 5 rings (SSSR count). The van der Waals surface area contributed by atoms with Gasteiger partial charge in [0.05, 0.1) is 18.4 Å². The second-order valence-electron chi connectivity index (χ2n) is 8.05. The van der Waals surface area contributed by atoms with Gasteiger partial charge in [-0.3, -0.25) is 0 Å². The molecule has 0 N–H and O–H groups in total. The van der Waals surface area contributed by atoms with Crippen molar-refractivity contribution in [2.75, 3.05) is 6.61 Å². The fourth-order valence-corrected chi connectivity index (χ4v) is 4.89. The molecule has 0 radical (unpaired) electrons. The van der Waals surface area contributed by atoms with Gasteiger partial charge in [-0.05, 0) is 43.5 Å². The van der Waals surface area contributed by atoms with Crippen molar-refractivity contribution in [3.05, 3.63) is 59.7 Å². The van der Waals surface area contributed by atoms with Crippen LogP contribution in [0.2, 0.25) is 0 Å². The van der Waals surface area contributed by atoms with Gasteiger partial charge in [0.1, 0.15) is 11.5 Å². The molecule has 2 heterocycles. The molecule has 1 saturated carbocycles. The van der Waals surface area contributed by atoms with E-state index in [0.29, 0.717) is 12.5 Å². The van der Waals surface area contributed by atoms with Gasteiger partial charge in [0.25, 0.3) is 0 Å². The number of hydrogen-bond acceptors (Lipinski definition) is 4. The highest BCUT2D eigenvalue weighted by Gasteiger charge is 2.43. The molecule has 4 heteroatoms. The van der Waals surface area contributed by atoms with Crippen LogP contribution in [0.25, 0.3) is 0 Å². The maximum atomic E-state index is 6.57. The van der Waals surface area contributed by atoms with Crippen LogP contribution in [0.5, 0.6) is 11.5 Å². The Kier molecular flexibility index (Phi) is 4.71. The van der Waals surface area contributed by atoms with Crippen LogP contribution in [-0.2, 0) is 0 Å². The van der Waals surface area contributed by atoms with Crippen LogP contribution in [0.1, 0.15) is 62.6 Å². The van der Waals surface area contributed by atoms with Gasteiger partial charge >= 0.3 is 0 Å². The highest BCUT2D eigenvalue weighted by molar-refractivity contribution is 6.01. The molecule has 1 fully saturated rings. The van der Waals surface area contributed by atoms with Gasteiger partial charge in [-0.15, -0.1) is 0 Å². The second kappa shape index (κ2) is 7.50. The van der Waals surface area contributed by atoms with Gasteiger partial charge in [-0.25, -0.2) is 5.01 Å². The molecule has 1 aliphatic carbocycles. The lowest BCUT2D eigenvalue weighted by Gasteiger charge is -2.42. The largest absolute Gasteiger partial charge is 0.494 e. The van der Waals surface area contributed by atoms with Crippen molar-refractivity contribution in [3.63, 3.8) is 0 Å². The third kappa shape index (κ3) is 3.15. The van der Waals surface area contributed by atoms with Crippen molar-refractivity contribution in [3.8, 4) is 11.5 Å². The molecule has 0 aromatic heterocycles. The Balaban J connectivity index is 1.52. The predicted octanol–water partition coefficient (Wildman–Crippen LogP) is 5.54. The van der Waals surface area contributed by atoms with Crippen LogP contribution in [-0.4, -0.2) is 23.6 Å². The minimum absolute atomic E-state index is 0.0388. The van der Waals surface area contributed by atoms with Crippen molar-refractivity contribution >= 4 is 5.71 Å². The number of hydrazone groups is 1. The summed E-state index contributed by atoms with van der Waals surface area (Å²) in [5.74, 6) is 2.47. The number of benzene rings is 2. The molecule has 0 saturated heterocycles. The van der Waals surface area contributed by atoms with Gasteiger partial charge in [0.15, 0.2) is 6.23 Å². The van der Waals surface area contributed by atoms with Gasteiger partial charge < -0.3 is 9.47 Å². The fraction of sp³-hybridized carbons (Fsp3) is 0.458. The first-order valence-corrected chi connectivity index (χ1v) is 10.7. The summed E-state index contributed by atoms with van der Waals surface area (Å²) in [5, 5.41) is 7.36. The van der Waals surface area contributed by atoms with E-state index in [4.69, 9.17) is 14.6 Å². The van der Waals surface area contributed by atoms with Crippen LogP contribution in [0.3, 0.4) is 0 Å². The van der Waals surface area contributed by atoms with Gasteiger partial charge in [-0.1, -0.05) is 49.6 Å². The lowest BCUT2D eigenvalue weighted by molar-refractivity contribution is -0.0644. The van der Waals surface area contributed by atoms with E-state index in [9.17, 15) is 0 Å². The quantitative estimate of drug-likeness (QED) is 0.703. The molecule has 0 unspecified atom stereocenters. The molecular weight excluding hydrogens is 348 g/mol. The molecule has 0 bridgehead atoms. The molecule has 0 amide bonds. The molecule has 2 aliphatic heterocycles. The third-order valence-electron chi connectivity index (χ3n) is 6.26. The highest BCUT2D eigenvalue weighted by atomic mass is 16.5. The molecule has 3 aliphatic rings. The Morgan fingerprint density at radius 1 is 1.07 bits per heavy atom. The van der Waals surface area contributed by atoms with Crippen LogP contribution in [0.4, 0.5) is 0 Å². The lowest BCUT2D eigenvalue weighted by Crippen LogP contribution is -2.45. The summed E-state index contributed by atoms with van der Waals surface area (Å²) in [6, 6.07) is 17.1. The Labute approximate surface area is 167 Å². The molecule has 4 nitrogen and oxygen atoms in total. The Hall–Kier alpha value is -2.49. The maximum Gasteiger partial charge on any atom is 0.190 e. The van der Waals surface area contributed by atoms with Gasteiger partial charge in [-0.2, -0.15) is 5.10 Å². The third-order valence-corrected chi connectivity index (χ3v) is 6.26. The van der Waals surface area contributed by atoms with Crippen LogP contribution < -0.4 is 9.47 Å². The monoisotopic (exact) mass is 376 g/mol. The first-order valence-electron chi connectivity index (χ1n) is 10.7. The summed E-state index contributed by atoms with van der Waals surface area (Å²) in [4.78, 5) is 0. The highest BCUT2D eigenvalue weighted by Crippen LogP contribution is 2.47. The van der Waals surface area contributed by atoms with Crippen molar-refractivity contribution < 1.29 is 9.47 Å². The molecule has 146 valence electrons. The smallest absolute Gasteiger partial charge is 0.190 e. The van der Waals surface area contributed by atoms with E-state index in [2.05, 4.69) is 47.5 Å². The van der Waals surface area contributed by atoms with Crippen LogP contribution >= 0.6 is 0 Å². The SMILES string of the molecule is CCOc1ccc2c(c1)[C@H]1CC(c3ccccc3)=NN1[C@@H](C1CCCCC1)O2. The van der Waals surface area contributed by atoms with Crippen molar-refractivity contribution in [1.29, 1.82) is 0 Å². The van der Waals surface area contributed by atoms with E-state index in [1.807, 2.05) is 13.0 Å². The fourth-order valence-electron chi connectivity index (χ4n) is 4.89. The molecule has 2 atom stereocenters. The van der Waals surface area contributed by atoms with Crippen molar-refractivity contribution in [1.82, 2.24) is 5.01 Å². The number of ether oxygens (including phenoxy) is 2. The predicted molar refractivity (Wildman–Crippen MR) is 111 cm³/mol. The Morgan fingerprint density at radius 3 is 2.68 bits per heavy atom. The number of nitrogens with zero attached hydrogens (tertiary/aromatic N) is 2. The first-order chi connectivity index (χ1) is 13.8. The summed E-state index contributed by atoms with van der Waals surface area (Å²) in [5.41, 5.74) is 3.57. The van der Waals surface area contributed by atoms with Crippen LogP contribution in [0.15, 0.2) is 53.6 Å². The zero-order valence-electron chi connectivity index (χ0n) is 16.5. The summed E-state index contributed by atoms with van der Waals surface area (Å²) in [6.45, 7) is 2.69. The standard InChI is InChI=1S/C24H28N2O2/c1-2-27-19-13-14-23-20(15-19)22-16-21(17-9-5-3-6-10-17)25-26(22)24(28-23)18-11-7-4-8-12-18/h3,5-6,9-10,13-15,18,22,24H,2,4,7-8,11-12,16H2,1H3/t22-,24-/m1/s1. The molecular formula is C24H28N2O2. The molecule has 0 spiro atoms. The minimum Gasteiger partial charge on any atom is -0.494 e. The van der Waals surface area contributed by atoms with Gasteiger partial charge in [0.2, 0.25) is 0 Å². The number of hydrogen-bond donors (Lipinski definition) is 0. The second-order valence-corrected chi connectivity index (χ2v) is 8.05. The minimum atomic E-state index is 0.0388. The van der Waals surface area contributed by atoms with E-state index < -0.39 is 0 Å². The lowest BCUT2D eigenvalue weighted by atomic mass is 9.86. The van der Waals surface area contributed by atoms with E-state index in [-0.39, 0.29) is 12.3 Å². The average Bonchev–Trinajstić information content (AvgIpc) is 3.21. The molecule has 2 aromatic rings. The van der Waals surface area contributed by atoms with Gasteiger partial charge in [0, 0.05) is 17.9 Å². The Bertz CT molecular complexity index is 858. The van der Waals surface area contributed by atoms with Crippen LogP contribution in [0, 0.1) is 5.92 Å². The van der Waals surface area contributed by atoms with E-state index in [0.717, 1.165) is 23.6 Å². The number of fused-ring (bicyclic) bond motifs is 3. The van der Waals surface area contributed by atoms with Crippen molar-refractivity contribution in [2.45, 2.75) is 57.7 Å². The maximum absolute atomic E-state index is 6.57. The summed E-state index contributed by atoms with van der Waals surface area (Å²) < 4.78 is 12.3. The topological polar surface area (TPSA) is 34.1 Å². The summed E-state index contributed by atoms with van der Waals surface area (Å²) >= 11 is 0. The van der Waals surface area contributed by atoms with Crippen molar-refractivity contribution in [2.24, 2.45) is 11.0 Å². The van der Waals surface area contributed by atoms with E-state index in [1.165, 1.54) is 43.2 Å². The van der Waals surface area contributed by atoms with E-state index >= 15 is 0 Å². The van der Waals surface area contributed by atoms with E-state index in [1.54, 1.807) is 0 Å². The number of rotatable bonds is 4.